The molecule has 0 radical (unpaired) electrons. The predicted molar refractivity (Wildman–Crippen MR) is 70.0 cm³/mol. The third kappa shape index (κ3) is 4.59. The molecule has 0 saturated heterocycles. The number of carbonyl (C=O) groups is 1. The summed E-state index contributed by atoms with van der Waals surface area (Å²) in [6.45, 7) is 2.19. The molecule has 1 rings (SSSR count). The third-order valence-corrected chi connectivity index (χ3v) is 3.03. The van der Waals surface area contributed by atoms with Gasteiger partial charge in [-0.25, -0.2) is 0 Å². The Morgan fingerprint density at radius 2 is 1.88 bits per heavy atom. The standard InChI is InChI=1S/C15H22O2/c1-3-4-5-9-12-14(15(16)17-2)13-10-7-6-8-11-13/h6-8,10-11,14H,3-5,9,12H2,1-2H3. The molecule has 0 N–H and O–H groups in total. The van der Waals surface area contributed by atoms with Crippen molar-refractivity contribution in [2.75, 3.05) is 7.11 Å². The highest BCUT2D eigenvalue weighted by Gasteiger charge is 2.20. The van der Waals surface area contributed by atoms with Crippen molar-refractivity contribution in [2.24, 2.45) is 0 Å². The molecule has 0 aliphatic carbocycles. The molecule has 0 aromatic heterocycles. The van der Waals surface area contributed by atoms with Crippen molar-refractivity contribution in [1.29, 1.82) is 0 Å². The number of unbranched alkanes of at least 4 members (excludes halogenated alkanes) is 3. The van der Waals surface area contributed by atoms with Gasteiger partial charge in [-0.2, -0.15) is 0 Å². The summed E-state index contributed by atoms with van der Waals surface area (Å²) in [6.07, 6.45) is 5.62. The van der Waals surface area contributed by atoms with Crippen molar-refractivity contribution in [3.05, 3.63) is 35.9 Å². The molecule has 2 nitrogen and oxygen atoms in total. The molecule has 1 aromatic carbocycles. The summed E-state index contributed by atoms with van der Waals surface area (Å²) >= 11 is 0. The third-order valence-electron chi connectivity index (χ3n) is 3.03. The van der Waals surface area contributed by atoms with Crippen LogP contribution in [0.5, 0.6) is 0 Å². The van der Waals surface area contributed by atoms with Crippen LogP contribution in [0.2, 0.25) is 0 Å². The number of carbonyl (C=O) groups excluding carboxylic acids is 1. The largest absolute Gasteiger partial charge is 0.469 e. The highest BCUT2D eigenvalue weighted by Crippen LogP contribution is 2.23. The fraction of sp³-hybridized carbons (Fsp3) is 0.533. The maximum atomic E-state index is 11.8. The fourth-order valence-electron chi connectivity index (χ4n) is 2.02. The van der Waals surface area contributed by atoms with Gasteiger partial charge in [0.15, 0.2) is 0 Å². The molecule has 0 heterocycles. The van der Waals surface area contributed by atoms with Gasteiger partial charge in [-0.3, -0.25) is 4.79 Å². The van der Waals surface area contributed by atoms with Crippen LogP contribution in [-0.4, -0.2) is 13.1 Å². The van der Waals surface area contributed by atoms with E-state index in [1.807, 2.05) is 30.3 Å². The highest BCUT2D eigenvalue weighted by atomic mass is 16.5. The van der Waals surface area contributed by atoms with Gasteiger partial charge in [-0.1, -0.05) is 62.9 Å². The van der Waals surface area contributed by atoms with Crippen LogP contribution in [0.15, 0.2) is 30.3 Å². The lowest BCUT2D eigenvalue weighted by Gasteiger charge is -2.14. The highest BCUT2D eigenvalue weighted by molar-refractivity contribution is 5.77. The zero-order valence-corrected chi connectivity index (χ0v) is 10.8. The van der Waals surface area contributed by atoms with Gasteiger partial charge < -0.3 is 4.74 Å². The van der Waals surface area contributed by atoms with Crippen molar-refractivity contribution in [3.63, 3.8) is 0 Å². The first-order valence-corrected chi connectivity index (χ1v) is 6.42. The van der Waals surface area contributed by atoms with Crippen LogP contribution in [0.25, 0.3) is 0 Å². The second-order valence-corrected chi connectivity index (χ2v) is 4.34. The molecule has 1 atom stereocenters. The minimum absolute atomic E-state index is 0.0990. The topological polar surface area (TPSA) is 26.3 Å². The zero-order chi connectivity index (χ0) is 12.5. The minimum Gasteiger partial charge on any atom is -0.469 e. The summed E-state index contributed by atoms with van der Waals surface area (Å²) < 4.78 is 4.88. The molecule has 2 heteroatoms. The van der Waals surface area contributed by atoms with E-state index in [4.69, 9.17) is 4.74 Å². The number of hydrogen-bond acceptors (Lipinski definition) is 2. The number of methoxy groups -OCH3 is 1. The van der Waals surface area contributed by atoms with Crippen LogP contribution < -0.4 is 0 Å². The van der Waals surface area contributed by atoms with Crippen molar-refractivity contribution in [3.8, 4) is 0 Å². The molecule has 0 spiro atoms. The van der Waals surface area contributed by atoms with Crippen LogP contribution >= 0.6 is 0 Å². The lowest BCUT2D eigenvalue weighted by Crippen LogP contribution is -2.14. The smallest absolute Gasteiger partial charge is 0.313 e. The molecule has 0 amide bonds. The van der Waals surface area contributed by atoms with Crippen LogP contribution in [0, 0.1) is 0 Å². The van der Waals surface area contributed by atoms with Gasteiger partial charge in [0.25, 0.3) is 0 Å². The van der Waals surface area contributed by atoms with Crippen LogP contribution in [0.1, 0.15) is 50.5 Å². The fourth-order valence-corrected chi connectivity index (χ4v) is 2.02. The Bertz CT molecular complexity index is 319. The first kappa shape index (κ1) is 13.8. The van der Waals surface area contributed by atoms with E-state index in [2.05, 4.69) is 6.92 Å². The first-order valence-electron chi connectivity index (χ1n) is 6.42. The van der Waals surface area contributed by atoms with Crippen molar-refractivity contribution in [2.45, 2.75) is 44.9 Å². The monoisotopic (exact) mass is 234 g/mol. The van der Waals surface area contributed by atoms with Crippen molar-refractivity contribution >= 4 is 5.97 Å². The minimum atomic E-state index is -0.118. The second kappa shape index (κ2) is 7.88. The molecule has 0 saturated carbocycles. The Morgan fingerprint density at radius 3 is 2.47 bits per heavy atom. The molecular formula is C15H22O2. The maximum Gasteiger partial charge on any atom is 0.313 e. The quantitative estimate of drug-likeness (QED) is 0.528. The Morgan fingerprint density at radius 1 is 1.18 bits per heavy atom. The van der Waals surface area contributed by atoms with Gasteiger partial charge in [0, 0.05) is 0 Å². The number of esters is 1. The van der Waals surface area contributed by atoms with E-state index in [1.165, 1.54) is 26.4 Å². The summed E-state index contributed by atoms with van der Waals surface area (Å²) in [4.78, 5) is 11.8. The van der Waals surface area contributed by atoms with Gasteiger partial charge >= 0.3 is 5.97 Å². The van der Waals surface area contributed by atoms with Gasteiger partial charge in [0.1, 0.15) is 0 Å². The molecule has 0 fully saturated rings. The number of benzene rings is 1. The number of ether oxygens (including phenoxy) is 1. The van der Waals surface area contributed by atoms with Crippen LogP contribution in [0.3, 0.4) is 0 Å². The molecular weight excluding hydrogens is 212 g/mol. The van der Waals surface area contributed by atoms with Crippen molar-refractivity contribution in [1.82, 2.24) is 0 Å². The average molecular weight is 234 g/mol. The predicted octanol–water partition coefficient (Wildman–Crippen LogP) is 3.91. The Balaban J connectivity index is 2.59. The Kier molecular flexibility index (Phi) is 6.38. The Hall–Kier alpha value is -1.31. The molecule has 94 valence electrons. The van der Waals surface area contributed by atoms with E-state index in [9.17, 15) is 4.79 Å². The SMILES string of the molecule is CCCCCCC(C(=O)OC)c1ccccc1. The molecule has 0 bridgehead atoms. The summed E-state index contributed by atoms with van der Waals surface area (Å²) in [7, 11) is 1.46. The summed E-state index contributed by atoms with van der Waals surface area (Å²) in [5, 5.41) is 0. The molecule has 1 aromatic rings. The normalized spacial score (nSPS) is 12.1. The van der Waals surface area contributed by atoms with Crippen LogP contribution in [0.4, 0.5) is 0 Å². The van der Waals surface area contributed by atoms with Gasteiger partial charge in [0.2, 0.25) is 0 Å². The first-order chi connectivity index (χ1) is 8.29. The molecule has 17 heavy (non-hydrogen) atoms. The molecule has 1 unspecified atom stereocenters. The van der Waals surface area contributed by atoms with Gasteiger partial charge in [-0.15, -0.1) is 0 Å². The lowest BCUT2D eigenvalue weighted by atomic mass is 9.93. The molecule has 0 aliphatic heterocycles. The maximum absolute atomic E-state index is 11.8. The summed E-state index contributed by atoms with van der Waals surface area (Å²) in [6, 6.07) is 9.91. The van der Waals surface area contributed by atoms with E-state index in [0.29, 0.717) is 0 Å². The number of rotatable bonds is 7. The van der Waals surface area contributed by atoms with E-state index < -0.39 is 0 Å². The zero-order valence-electron chi connectivity index (χ0n) is 10.8. The molecule has 0 aliphatic rings. The van der Waals surface area contributed by atoms with E-state index in [-0.39, 0.29) is 11.9 Å². The second-order valence-electron chi connectivity index (χ2n) is 4.34. The van der Waals surface area contributed by atoms with Gasteiger partial charge in [0.05, 0.1) is 13.0 Å². The Labute approximate surface area is 104 Å². The number of hydrogen-bond donors (Lipinski definition) is 0. The summed E-state index contributed by atoms with van der Waals surface area (Å²) in [5.41, 5.74) is 1.07. The van der Waals surface area contributed by atoms with Crippen LogP contribution in [-0.2, 0) is 9.53 Å². The van der Waals surface area contributed by atoms with E-state index in [1.54, 1.807) is 0 Å². The lowest BCUT2D eigenvalue weighted by molar-refractivity contribution is -0.142. The van der Waals surface area contributed by atoms with Gasteiger partial charge in [-0.05, 0) is 12.0 Å². The summed E-state index contributed by atoms with van der Waals surface area (Å²) in [5.74, 6) is -0.217. The average Bonchev–Trinajstić information content (AvgIpc) is 2.39. The van der Waals surface area contributed by atoms with Crippen molar-refractivity contribution < 1.29 is 9.53 Å². The van der Waals surface area contributed by atoms with E-state index >= 15 is 0 Å². The van der Waals surface area contributed by atoms with E-state index in [0.717, 1.165) is 18.4 Å².